The van der Waals surface area contributed by atoms with Crippen molar-refractivity contribution in [1.29, 1.82) is 0 Å². The molecular formula is C86H143NO8P+. The minimum absolute atomic E-state index is 0.0227. The number of allylic oxidation sites excluding steroid dienone is 30. The first-order valence-electron chi connectivity index (χ1n) is 38.5. The van der Waals surface area contributed by atoms with Crippen LogP contribution in [-0.2, 0) is 32.7 Å². The molecule has 0 fully saturated rings. The van der Waals surface area contributed by atoms with Crippen molar-refractivity contribution in [3.8, 4) is 0 Å². The van der Waals surface area contributed by atoms with Gasteiger partial charge in [-0.1, -0.05) is 331 Å². The van der Waals surface area contributed by atoms with E-state index in [4.69, 9.17) is 18.5 Å². The molecule has 0 bridgehead atoms. The molecule has 544 valence electrons. The first-order valence-corrected chi connectivity index (χ1v) is 40.0. The van der Waals surface area contributed by atoms with Crippen LogP contribution in [0.3, 0.4) is 0 Å². The predicted octanol–water partition coefficient (Wildman–Crippen LogP) is 25.8. The number of carbonyl (C=O) groups is 2. The Balaban J connectivity index is 4.07. The fourth-order valence-electron chi connectivity index (χ4n) is 10.1. The van der Waals surface area contributed by atoms with E-state index in [-0.39, 0.29) is 32.0 Å². The number of rotatable bonds is 69. The molecule has 0 aromatic carbocycles. The van der Waals surface area contributed by atoms with E-state index in [9.17, 15) is 19.0 Å². The van der Waals surface area contributed by atoms with Crippen molar-refractivity contribution in [3.05, 3.63) is 182 Å². The molecule has 0 amide bonds. The Hall–Kier alpha value is -4.89. The van der Waals surface area contributed by atoms with Gasteiger partial charge in [-0.3, -0.25) is 18.6 Å². The van der Waals surface area contributed by atoms with Crippen molar-refractivity contribution >= 4 is 19.8 Å². The Morgan fingerprint density at radius 3 is 0.833 bits per heavy atom. The monoisotopic (exact) mass is 1350 g/mol. The third kappa shape index (κ3) is 78.1. The van der Waals surface area contributed by atoms with Gasteiger partial charge < -0.3 is 18.9 Å². The Morgan fingerprint density at radius 1 is 0.323 bits per heavy atom. The summed E-state index contributed by atoms with van der Waals surface area (Å²) < 4.78 is 34.8. The number of quaternary nitrogens is 1. The molecule has 0 aliphatic carbocycles. The van der Waals surface area contributed by atoms with Crippen LogP contribution in [0.4, 0.5) is 0 Å². The molecule has 0 heterocycles. The van der Waals surface area contributed by atoms with Gasteiger partial charge in [0.2, 0.25) is 0 Å². The highest BCUT2D eigenvalue weighted by Gasteiger charge is 2.27. The van der Waals surface area contributed by atoms with Crippen LogP contribution < -0.4 is 0 Å². The summed E-state index contributed by atoms with van der Waals surface area (Å²) in [4.78, 5) is 36.0. The van der Waals surface area contributed by atoms with Gasteiger partial charge in [-0.25, -0.2) is 4.57 Å². The van der Waals surface area contributed by atoms with Crippen molar-refractivity contribution in [1.82, 2.24) is 0 Å². The molecule has 0 saturated carbocycles. The number of hydrogen-bond acceptors (Lipinski definition) is 7. The summed E-state index contributed by atoms with van der Waals surface area (Å²) in [5, 5.41) is 0. The number of hydrogen-bond donors (Lipinski definition) is 1. The van der Waals surface area contributed by atoms with Crippen LogP contribution in [0.25, 0.3) is 0 Å². The van der Waals surface area contributed by atoms with Crippen LogP contribution in [0, 0.1) is 0 Å². The van der Waals surface area contributed by atoms with Crippen molar-refractivity contribution < 1.29 is 42.1 Å². The molecule has 0 aromatic heterocycles. The number of likely N-dealkylation sites (N-methyl/N-ethyl adjacent to an activating group) is 1. The molecule has 0 spiro atoms. The molecule has 1 N–H and O–H groups in total. The highest BCUT2D eigenvalue weighted by Crippen LogP contribution is 2.43. The van der Waals surface area contributed by atoms with E-state index >= 15 is 0 Å². The number of ether oxygens (including phenoxy) is 2. The van der Waals surface area contributed by atoms with Crippen LogP contribution in [0.1, 0.15) is 296 Å². The molecule has 10 heteroatoms. The first kappa shape index (κ1) is 91.1. The number of nitrogens with zero attached hydrogens (tertiary/aromatic N) is 1. The van der Waals surface area contributed by atoms with Crippen LogP contribution in [0.2, 0.25) is 0 Å². The molecular weight excluding hydrogens is 1210 g/mol. The Morgan fingerprint density at radius 2 is 0.562 bits per heavy atom. The first-order chi connectivity index (χ1) is 47.0. The molecule has 0 aromatic rings. The fourth-order valence-corrected chi connectivity index (χ4v) is 10.9. The highest BCUT2D eigenvalue weighted by atomic mass is 31.2. The molecule has 2 atom stereocenters. The van der Waals surface area contributed by atoms with E-state index in [1.165, 1.54) is 122 Å². The molecule has 0 rings (SSSR count). The fraction of sp³-hybridized carbons (Fsp3) is 0.628. The molecule has 9 nitrogen and oxygen atoms in total. The Bertz CT molecular complexity index is 2280. The lowest BCUT2D eigenvalue weighted by Gasteiger charge is -2.24. The topological polar surface area (TPSA) is 108 Å². The lowest BCUT2D eigenvalue weighted by atomic mass is 10.0. The number of phosphoric acid groups is 1. The van der Waals surface area contributed by atoms with Crippen molar-refractivity contribution in [2.75, 3.05) is 47.5 Å². The summed E-state index contributed by atoms with van der Waals surface area (Å²) in [5.41, 5.74) is 0. The van der Waals surface area contributed by atoms with Gasteiger partial charge in [-0.2, -0.15) is 0 Å². The smallest absolute Gasteiger partial charge is 0.462 e. The maximum atomic E-state index is 12.9. The summed E-state index contributed by atoms with van der Waals surface area (Å²) in [6, 6.07) is 0. The van der Waals surface area contributed by atoms with E-state index in [0.717, 1.165) is 141 Å². The molecule has 0 radical (unpaired) electrons. The number of unbranched alkanes of at least 4 members (excludes halogenated alkanes) is 25. The lowest BCUT2D eigenvalue weighted by molar-refractivity contribution is -0.870. The molecule has 0 aliphatic heterocycles. The van der Waals surface area contributed by atoms with Gasteiger partial charge in [0.05, 0.1) is 27.7 Å². The third-order valence-corrected chi connectivity index (χ3v) is 16.9. The van der Waals surface area contributed by atoms with Crippen molar-refractivity contribution in [3.63, 3.8) is 0 Å². The van der Waals surface area contributed by atoms with Gasteiger partial charge in [-0.15, -0.1) is 0 Å². The Kier molecular flexibility index (Phi) is 70.5. The largest absolute Gasteiger partial charge is 0.472 e. The maximum absolute atomic E-state index is 12.9. The van der Waals surface area contributed by atoms with Gasteiger partial charge in [0.1, 0.15) is 19.8 Å². The zero-order valence-corrected chi connectivity index (χ0v) is 62.9. The van der Waals surface area contributed by atoms with Gasteiger partial charge in [0.15, 0.2) is 6.10 Å². The maximum Gasteiger partial charge on any atom is 0.472 e. The number of carbonyl (C=O) groups excluding carboxylic acids is 2. The minimum Gasteiger partial charge on any atom is -0.462 e. The van der Waals surface area contributed by atoms with E-state index in [2.05, 4.69) is 196 Å². The third-order valence-electron chi connectivity index (χ3n) is 15.9. The van der Waals surface area contributed by atoms with Crippen LogP contribution >= 0.6 is 7.82 Å². The average Bonchev–Trinajstić information content (AvgIpc) is 2.72. The summed E-state index contributed by atoms with van der Waals surface area (Å²) in [6.07, 6.45) is 114. The van der Waals surface area contributed by atoms with E-state index in [0.29, 0.717) is 17.4 Å². The summed E-state index contributed by atoms with van der Waals surface area (Å²) in [5.74, 6) is -0.808. The van der Waals surface area contributed by atoms with E-state index in [1.807, 2.05) is 21.1 Å². The van der Waals surface area contributed by atoms with Crippen LogP contribution in [0.5, 0.6) is 0 Å². The zero-order valence-electron chi connectivity index (χ0n) is 62.0. The molecule has 96 heavy (non-hydrogen) atoms. The normalized spacial score (nSPS) is 14.1. The van der Waals surface area contributed by atoms with E-state index in [1.54, 1.807) is 0 Å². The second kappa shape index (κ2) is 74.3. The van der Waals surface area contributed by atoms with Crippen molar-refractivity contribution in [2.45, 2.75) is 302 Å². The minimum atomic E-state index is -4.41. The molecule has 2 unspecified atom stereocenters. The van der Waals surface area contributed by atoms with Crippen molar-refractivity contribution in [2.24, 2.45) is 0 Å². The van der Waals surface area contributed by atoms with Crippen LogP contribution in [0.15, 0.2) is 182 Å². The lowest BCUT2D eigenvalue weighted by Crippen LogP contribution is -2.37. The average molecular weight is 1350 g/mol. The standard InChI is InChI=1S/C86H142NO8P/c1-6-8-10-12-14-16-18-20-22-24-26-28-30-32-34-36-38-40-42-43-45-47-49-51-53-55-57-59-61-63-65-67-69-71-73-75-77-79-86(89)95-84(83-94-96(90,91)93-81-80-87(3,4)5)82-92-85(88)78-76-74-72-70-68-66-64-62-60-58-56-54-52-50-48-46-44-41-39-37-35-33-31-29-27-25-23-21-19-17-15-13-11-9-7-2/h8-11,14-17,20-23,26-29,32-35,38-41,43,45,49,51,55,57,84H,6-7,12-13,18-19,24-25,30-31,36-37,42,44,46-48,50,52-54,56,58-83H2,1-5H3/p+1/b10-8-,11-9-,16-14-,17-15-,22-20-,23-21-,28-26-,29-27-,34-32-,35-33-,40-38-,41-39-,45-43-,51-49-,57-55-. The quantitative estimate of drug-likeness (QED) is 0.0211. The summed E-state index contributed by atoms with van der Waals surface area (Å²) in [7, 11) is 1.46. The summed E-state index contributed by atoms with van der Waals surface area (Å²) in [6.45, 7) is 4.20. The second-order valence-corrected chi connectivity index (χ2v) is 27.7. The van der Waals surface area contributed by atoms with Gasteiger partial charge in [0.25, 0.3) is 0 Å². The van der Waals surface area contributed by atoms with Crippen LogP contribution in [-0.4, -0.2) is 74.9 Å². The number of phosphoric ester groups is 1. The molecule has 0 aliphatic rings. The summed E-state index contributed by atoms with van der Waals surface area (Å²) >= 11 is 0. The van der Waals surface area contributed by atoms with E-state index < -0.39 is 26.5 Å². The van der Waals surface area contributed by atoms with Gasteiger partial charge >= 0.3 is 19.8 Å². The Labute approximate surface area is 591 Å². The van der Waals surface area contributed by atoms with Gasteiger partial charge in [-0.05, 0) is 135 Å². The molecule has 0 saturated heterocycles. The second-order valence-electron chi connectivity index (χ2n) is 26.3. The highest BCUT2D eigenvalue weighted by molar-refractivity contribution is 7.47. The predicted molar refractivity (Wildman–Crippen MR) is 417 cm³/mol. The van der Waals surface area contributed by atoms with Gasteiger partial charge in [0, 0.05) is 12.8 Å². The SMILES string of the molecule is CC/C=C\C/C=C\C/C=C\C/C=C\C/C=C\C/C=C\C/C=C\C/C=C\C/C=C\CCCCCCCCCCCC(=O)OC(COC(=O)CCCCCCCCCCCCCCCCCC/C=C\C/C=C\C/C=C\C/C=C\C/C=C\C/C=C\CC)COP(=O)(O)OCC[N+](C)(C)C. The number of esters is 2. The zero-order chi connectivity index (χ0) is 69.7.